The lowest BCUT2D eigenvalue weighted by Crippen LogP contribution is -2.34. The number of amides is 1. The topological polar surface area (TPSA) is 38.8 Å². The lowest BCUT2D eigenvalue weighted by atomic mass is 10.1. The van der Waals surface area contributed by atoms with Gasteiger partial charge in [0.15, 0.2) is 11.5 Å². The third-order valence-electron chi connectivity index (χ3n) is 5.15. The average molecular weight is 386 g/mol. The lowest BCUT2D eigenvalue weighted by Gasteiger charge is -2.23. The van der Waals surface area contributed by atoms with E-state index in [1.165, 1.54) is 12.8 Å². The fourth-order valence-electron chi connectivity index (χ4n) is 3.22. The van der Waals surface area contributed by atoms with E-state index >= 15 is 0 Å². The molecule has 142 valence electrons. The second-order valence-corrected chi connectivity index (χ2v) is 7.78. The maximum absolute atomic E-state index is 13.0. The second-order valence-electron chi connectivity index (χ2n) is 7.38. The molecule has 5 heteroatoms. The molecule has 0 unspecified atom stereocenters. The molecule has 1 amide bonds. The van der Waals surface area contributed by atoms with E-state index in [1.54, 1.807) is 13.2 Å². The number of rotatable bonds is 8. The van der Waals surface area contributed by atoms with Gasteiger partial charge in [0.1, 0.15) is 6.61 Å². The summed E-state index contributed by atoms with van der Waals surface area (Å²) in [6.45, 7) is 1.23. The van der Waals surface area contributed by atoms with Crippen LogP contribution >= 0.6 is 11.6 Å². The number of benzene rings is 2. The van der Waals surface area contributed by atoms with Crippen molar-refractivity contribution >= 4 is 17.5 Å². The van der Waals surface area contributed by atoms with Crippen LogP contribution in [0.5, 0.6) is 11.5 Å². The third kappa shape index (κ3) is 4.38. The molecule has 2 aromatic rings. The van der Waals surface area contributed by atoms with Crippen molar-refractivity contribution in [2.24, 2.45) is 5.92 Å². The Hall–Kier alpha value is -2.20. The fourth-order valence-corrected chi connectivity index (χ4v) is 3.41. The Morgan fingerprint density at radius 1 is 1.11 bits per heavy atom. The van der Waals surface area contributed by atoms with Gasteiger partial charge in [0.2, 0.25) is 0 Å². The molecule has 2 fully saturated rings. The predicted octanol–water partition coefficient (Wildman–Crippen LogP) is 4.94. The van der Waals surface area contributed by atoms with Crippen molar-refractivity contribution in [3.05, 3.63) is 58.6 Å². The SMILES string of the molecule is COc1cc(C(=O)N(CC2CC2)C2CC2)ccc1OCc1ccccc1Cl. The van der Waals surface area contributed by atoms with Crippen molar-refractivity contribution in [1.82, 2.24) is 4.90 Å². The third-order valence-corrected chi connectivity index (χ3v) is 5.52. The van der Waals surface area contributed by atoms with Crippen molar-refractivity contribution in [3.63, 3.8) is 0 Å². The molecule has 0 radical (unpaired) electrons. The van der Waals surface area contributed by atoms with Crippen LogP contribution in [0.1, 0.15) is 41.6 Å². The maximum Gasteiger partial charge on any atom is 0.254 e. The van der Waals surface area contributed by atoms with Gasteiger partial charge in [-0.05, 0) is 55.9 Å². The Morgan fingerprint density at radius 3 is 2.56 bits per heavy atom. The summed E-state index contributed by atoms with van der Waals surface area (Å²) in [5.74, 6) is 1.96. The van der Waals surface area contributed by atoms with Crippen LogP contribution in [0.2, 0.25) is 5.02 Å². The smallest absolute Gasteiger partial charge is 0.254 e. The van der Waals surface area contributed by atoms with E-state index in [4.69, 9.17) is 21.1 Å². The Labute approximate surface area is 165 Å². The van der Waals surface area contributed by atoms with E-state index < -0.39 is 0 Å². The second kappa shape index (κ2) is 7.81. The van der Waals surface area contributed by atoms with Crippen molar-refractivity contribution in [3.8, 4) is 11.5 Å². The van der Waals surface area contributed by atoms with E-state index in [-0.39, 0.29) is 5.91 Å². The van der Waals surface area contributed by atoms with Gasteiger partial charge in [0.05, 0.1) is 7.11 Å². The summed E-state index contributed by atoms with van der Waals surface area (Å²) >= 11 is 6.19. The summed E-state index contributed by atoms with van der Waals surface area (Å²) < 4.78 is 11.4. The zero-order valence-corrected chi connectivity index (χ0v) is 16.2. The summed E-state index contributed by atoms with van der Waals surface area (Å²) in [6.07, 6.45) is 4.73. The number of carbonyl (C=O) groups is 1. The van der Waals surface area contributed by atoms with E-state index in [2.05, 4.69) is 4.90 Å². The first-order chi connectivity index (χ1) is 13.2. The van der Waals surface area contributed by atoms with Gasteiger partial charge in [-0.25, -0.2) is 0 Å². The average Bonchev–Trinajstić information content (AvgIpc) is 3.59. The minimum Gasteiger partial charge on any atom is -0.493 e. The monoisotopic (exact) mass is 385 g/mol. The highest BCUT2D eigenvalue weighted by atomic mass is 35.5. The molecule has 0 saturated heterocycles. The van der Waals surface area contributed by atoms with Crippen LogP contribution in [0, 0.1) is 5.92 Å². The summed E-state index contributed by atoms with van der Waals surface area (Å²) in [6, 6.07) is 13.4. The van der Waals surface area contributed by atoms with Crippen LogP contribution in [-0.2, 0) is 6.61 Å². The molecule has 0 aromatic heterocycles. The van der Waals surface area contributed by atoms with Crippen molar-refractivity contribution in [2.45, 2.75) is 38.3 Å². The number of hydrogen-bond donors (Lipinski definition) is 0. The zero-order chi connectivity index (χ0) is 18.8. The molecule has 0 aliphatic heterocycles. The minimum atomic E-state index is 0.0975. The highest BCUT2D eigenvalue weighted by Gasteiger charge is 2.37. The van der Waals surface area contributed by atoms with Gasteiger partial charge in [0, 0.05) is 28.7 Å². The normalized spacial score (nSPS) is 16.1. The highest BCUT2D eigenvalue weighted by molar-refractivity contribution is 6.31. The first kappa shape index (κ1) is 18.2. The largest absolute Gasteiger partial charge is 0.493 e. The highest BCUT2D eigenvalue weighted by Crippen LogP contribution is 2.37. The summed E-state index contributed by atoms with van der Waals surface area (Å²) in [5.41, 5.74) is 1.57. The van der Waals surface area contributed by atoms with Crippen molar-refractivity contribution < 1.29 is 14.3 Å². The molecule has 0 N–H and O–H groups in total. The molecule has 2 aromatic carbocycles. The Kier molecular flexibility index (Phi) is 5.26. The molecule has 2 saturated carbocycles. The molecule has 0 bridgehead atoms. The van der Waals surface area contributed by atoms with Crippen LogP contribution in [-0.4, -0.2) is 30.5 Å². The van der Waals surface area contributed by atoms with Crippen molar-refractivity contribution in [1.29, 1.82) is 0 Å². The van der Waals surface area contributed by atoms with Gasteiger partial charge in [-0.1, -0.05) is 29.8 Å². The minimum absolute atomic E-state index is 0.0975. The fraction of sp³-hybridized carbons (Fsp3) is 0.409. The predicted molar refractivity (Wildman–Crippen MR) is 106 cm³/mol. The van der Waals surface area contributed by atoms with E-state index in [1.807, 2.05) is 36.4 Å². The molecular formula is C22H24ClNO3. The van der Waals surface area contributed by atoms with Crippen LogP contribution < -0.4 is 9.47 Å². The van der Waals surface area contributed by atoms with E-state index in [0.717, 1.165) is 24.9 Å². The van der Waals surface area contributed by atoms with Gasteiger partial charge in [-0.15, -0.1) is 0 Å². The van der Waals surface area contributed by atoms with Crippen LogP contribution in [0.4, 0.5) is 0 Å². The van der Waals surface area contributed by atoms with Crippen LogP contribution in [0.25, 0.3) is 0 Å². The van der Waals surface area contributed by atoms with Gasteiger partial charge < -0.3 is 14.4 Å². The van der Waals surface area contributed by atoms with Gasteiger partial charge in [-0.3, -0.25) is 4.79 Å². The van der Waals surface area contributed by atoms with Crippen LogP contribution in [0.3, 0.4) is 0 Å². The van der Waals surface area contributed by atoms with Gasteiger partial charge in [-0.2, -0.15) is 0 Å². The molecule has 2 aliphatic rings. The number of methoxy groups -OCH3 is 1. The van der Waals surface area contributed by atoms with Gasteiger partial charge in [0.25, 0.3) is 5.91 Å². The first-order valence-electron chi connectivity index (χ1n) is 9.51. The molecular weight excluding hydrogens is 362 g/mol. The number of hydrogen-bond acceptors (Lipinski definition) is 3. The molecule has 4 nitrogen and oxygen atoms in total. The summed E-state index contributed by atoms with van der Waals surface area (Å²) in [4.78, 5) is 15.1. The Morgan fingerprint density at radius 2 is 1.89 bits per heavy atom. The van der Waals surface area contributed by atoms with Crippen LogP contribution in [0.15, 0.2) is 42.5 Å². The number of carbonyl (C=O) groups excluding carboxylic acids is 1. The maximum atomic E-state index is 13.0. The summed E-state index contributed by atoms with van der Waals surface area (Å²) in [5, 5.41) is 0.670. The number of nitrogens with zero attached hydrogens (tertiary/aromatic N) is 1. The molecule has 27 heavy (non-hydrogen) atoms. The quantitative estimate of drug-likeness (QED) is 0.645. The molecule has 0 heterocycles. The Balaban J connectivity index is 1.48. The molecule has 4 rings (SSSR count). The summed E-state index contributed by atoms with van der Waals surface area (Å²) in [7, 11) is 1.59. The number of ether oxygens (including phenoxy) is 2. The molecule has 0 atom stereocenters. The first-order valence-corrected chi connectivity index (χ1v) is 9.88. The van der Waals surface area contributed by atoms with Gasteiger partial charge >= 0.3 is 0 Å². The molecule has 2 aliphatic carbocycles. The Bertz CT molecular complexity index is 830. The number of halogens is 1. The van der Waals surface area contributed by atoms with E-state index in [0.29, 0.717) is 40.7 Å². The zero-order valence-electron chi connectivity index (χ0n) is 15.5. The van der Waals surface area contributed by atoms with Crippen molar-refractivity contribution in [2.75, 3.05) is 13.7 Å². The van der Waals surface area contributed by atoms with E-state index in [9.17, 15) is 4.79 Å². The standard InChI is InChI=1S/C22H24ClNO3/c1-26-21-12-16(22(25)24(18-9-10-18)13-15-6-7-15)8-11-20(21)27-14-17-4-2-3-5-19(17)23/h2-5,8,11-12,15,18H,6-7,9-10,13-14H2,1H3. The lowest BCUT2D eigenvalue weighted by molar-refractivity contribution is 0.0734. The molecule has 0 spiro atoms.